The molecule has 0 spiro atoms. The Morgan fingerprint density at radius 2 is 0.575 bits per heavy atom. The van der Waals surface area contributed by atoms with Crippen LogP contribution in [0, 0.1) is 0 Å². The maximum absolute atomic E-state index is 8.81. The smallest absolute Gasteiger partial charge is 0.0431 e. The van der Waals surface area contributed by atoms with E-state index in [9.17, 15) is 0 Å². The van der Waals surface area contributed by atoms with Gasteiger partial charge < -0.3 is 10.2 Å². The van der Waals surface area contributed by atoms with Crippen LogP contribution in [0.15, 0.2) is 58.3 Å². The Hall–Kier alpha value is -0.940. The van der Waals surface area contributed by atoms with Gasteiger partial charge in [-0.2, -0.15) is 0 Å². The molecule has 0 aliphatic heterocycles. The van der Waals surface area contributed by atoms with Crippen LogP contribution >= 0.6 is 23.5 Å². The Bertz CT molecular complexity index is 737. The van der Waals surface area contributed by atoms with Crippen molar-refractivity contribution in [1.29, 1.82) is 0 Å². The van der Waals surface area contributed by atoms with Crippen LogP contribution in [0.25, 0.3) is 11.1 Å². The molecule has 0 aromatic heterocycles. The van der Waals surface area contributed by atoms with E-state index in [1.54, 1.807) is 0 Å². The van der Waals surface area contributed by atoms with E-state index in [0.717, 1.165) is 12.8 Å². The molecule has 0 bridgehead atoms. The molecule has 2 rings (SSSR count). The molecule has 4 heteroatoms. The molecule has 2 nitrogen and oxygen atoms in total. The topological polar surface area (TPSA) is 40.5 Å². The van der Waals surface area contributed by atoms with Crippen molar-refractivity contribution in [3.8, 4) is 11.1 Å². The number of aliphatic hydroxyl groups excluding tert-OH is 2. The van der Waals surface area contributed by atoms with Crippen LogP contribution in [-0.2, 0) is 0 Å². The van der Waals surface area contributed by atoms with E-state index in [2.05, 4.69) is 48.5 Å². The highest BCUT2D eigenvalue weighted by Gasteiger charge is 2.02. The lowest BCUT2D eigenvalue weighted by molar-refractivity contribution is 0.282. The molecule has 0 saturated carbocycles. The SMILES string of the molecule is OCCCCCCCCCCCCSc1ccc(-c2ccc(SCCCCCCCCCCCCO)cc2)cc1. The lowest BCUT2D eigenvalue weighted by Crippen LogP contribution is -1.86. The summed E-state index contributed by atoms with van der Waals surface area (Å²) in [6.07, 6.45) is 25.9. The van der Waals surface area contributed by atoms with E-state index in [1.165, 1.54) is 148 Å². The zero-order chi connectivity index (χ0) is 28.4. The number of rotatable bonds is 27. The summed E-state index contributed by atoms with van der Waals surface area (Å²) in [5, 5.41) is 17.6. The molecule has 0 fully saturated rings. The van der Waals surface area contributed by atoms with Crippen molar-refractivity contribution < 1.29 is 10.2 Å². The standard InChI is InChI=1S/C36H58O2S2/c37-29-17-13-9-5-1-3-7-11-15-19-31-39-35-25-21-33(22-26-35)34-23-27-36(28-24-34)40-32-20-16-12-8-4-2-6-10-14-18-30-38/h21-28,37-38H,1-20,29-32H2. The van der Waals surface area contributed by atoms with Gasteiger partial charge in [0.1, 0.15) is 0 Å². The molecule has 0 unspecified atom stereocenters. The summed E-state index contributed by atoms with van der Waals surface area (Å²) in [4.78, 5) is 2.77. The van der Waals surface area contributed by atoms with E-state index in [1.807, 2.05) is 23.5 Å². The van der Waals surface area contributed by atoms with Crippen molar-refractivity contribution >= 4 is 23.5 Å². The highest BCUT2D eigenvalue weighted by molar-refractivity contribution is 7.99. The van der Waals surface area contributed by atoms with Gasteiger partial charge in [-0.3, -0.25) is 0 Å². The molecular formula is C36H58O2S2. The van der Waals surface area contributed by atoms with E-state index in [-0.39, 0.29) is 0 Å². The summed E-state index contributed by atoms with van der Waals surface area (Å²) in [5.41, 5.74) is 2.62. The molecule has 0 saturated heterocycles. The van der Waals surface area contributed by atoms with Crippen LogP contribution in [0.3, 0.4) is 0 Å². The number of benzene rings is 2. The molecule has 2 N–H and O–H groups in total. The second kappa shape index (κ2) is 25.7. The number of hydrogen-bond donors (Lipinski definition) is 2. The first-order valence-electron chi connectivity index (χ1n) is 16.5. The minimum atomic E-state index is 0.353. The monoisotopic (exact) mass is 586 g/mol. The first-order valence-corrected chi connectivity index (χ1v) is 18.5. The summed E-state index contributed by atoms with van der Waals surface area (Å²) in [7, 11) is 0. The third-order valence-corrected chi connectivity index (χ3v) is 9.88. The normalized spacial score (nSPS) is 11.3. The Balaban J connectivity index is 1.47. The Kier molecular flexibility index (Phi) is 22.7. The van der Waals surface area contributed by atoms with Crippen LogP contribution in [0.4, 0.5) is 0 Å². The lowest BCUT2D eigenvalue weighted by Gasteiger charge is -2.07. The molecule has 0 atom stereocenters. The van der Waals surface area contributed by atoms with E-state index in [4.69, 9.17) is 10.2 Å². The second-order valence-electron chi connectivity index (χ2n) is 11.3. The summed E-state index contributed by atoms with van der Waals surface area (Å²) >= 11 is 3.99. The molecular weight excluding hydrogens is 529 g/mol. The van der Waals surface area contributed by atoms with Crippen LogP contribution in [0.2, 0.25) is 0 Å². The first kappa shape index (κ1) is 35.3. The van der Waals surface area contributed by atoms with E-state index < -0.39 is 0 Å². The van der Waals surface area contributed by atoms with Crippen molar-refractivity contribution in [1.82, 2.24) is 0 Å². The fourth-order valence-electron chi connectivity index (χ4n) is 5.12. The minimum absolute atomic E-state index is 0.353. The maximum Gasteiger partial charge on any atom is 0.0431 e. The van der Waals surface area contributed by atoms with Gasteiger partial charge >= 0.3 is 0 Å². The summed E-state index contributed by atoms with van der Waals surface area (Å²) in [5.74, 6) is 2.44. The Morgan fingerprint density at radius 1 is 0.325 bits per heavy atom. The van der Waals surface area contributed by atoms with Gasteiger partial charge in [0.2, 0.25) is 0 Å². The highest BCUT2D eigenvalue weighted by Crippen LogP contribution is 2.28. The molecule has 2 aromatic carbocycles. The predicted octanol–water partition coefficient (Wildman–Crippen LogP) is 11.3. The van der Waals surface area contributed by atoms with Crippen molar-refractivity contribution in [2.24, 2.45) is 0 Å². The zero-order valence-electron chi connectivity index (χ0n) is 25.3. The number of unbranched alkanes of at least 4 members (excludes halogenated alkanes) is 18. The molecule has 0 aliphatic carbocycles. The molecule has 2 aromatic rings. The lowest BCUT2D eigenvalue weighted by atomic mass is 10.1. The fraction of sp³-hybridized carbons (Fsp3) is 0.667. The van der Waals surface area contributed by atoms with Crippen LogP contribution < -0.4 is 0 Å². The van der Waals surface area contributed by atoms with Crippen molar-refractivity contribution in [2.75, 3.05) is 24.7 Å². The fourth-order valence-corrected chi connectivity index (χ4v) is 6.95. The van der Waals surface area contributed by atoms with Crippen LogP contribution in [0.5, 0.6) is 0 Å². The second-order valence-corrected chi connectivity index (χ2v) is 13.6. The Labute approximate surface area is 255 Å². The maximum atomic E-state index is 8.81. The van der Waals surface area contributed by atoms with Gasteiger partial charge in [0.15, 0.2) is 0 Å². The number of aliphatic hydroxyl groups is 2. The zero-order valence-corrected chi connectivity index (χ0v) is 26.9. The molecule has 226 valence electrons. The highest BCUT2D eigenvalue weighted by atomic mass is 32.2. The van der Waals surface area contributed by atoms with Gasteiger partial charge in [0.25, 0.3) is 0 Å². The van der Waals surface area contributed by atoms with Crippen LogP contribution in [0.1, 0.15) is 128 Å². The quantitative estimate of drug-likeness (QED) is 0.0807. The summed E-state index contributed by atoms with van der Waals surface area (Å²) in [6, 6.07) is 18.3. The Morgan fingerprint density at radius 3 is 0.850 bits per heavy atom. The van der Waals surface area contributed by atoms with Gasteiger partial charge in [0.05, 0.1) is 0 Å². The van der Waals surface area contributed by atoms with Crippen molar-refractivity contribution in [3.05, 3.63) is 48.5 Å². The third-order valence-electron chi connectivity index (χ3n) is 7.68. The van der Waals surface area contributed by atoms with E-state index >= 15 is 0 Å². The van der Waals surface area contributed by atoms with Crippen molar-refractivity contribution in [3.63, 3.8) is 0 Å². The third kappa shape index (κ3) is 18.5. The number of hydrogen-bond acceptors (Lipinski definition) is 4. The predicted molar refractivity (Wildman–Crippen MR) is 180 cm³/mol. The average Bonchev–Trinajstić information content (AvgIpc) is 2.99. The molecule has 0 heterocycles. The van der Waals surface area contributed by atoms with Gasteiger partial charge in [0, 0.05) is 23.0 Å². The largest absolute Gasteiger partial charge is 0.396 e. The van der Waals surface area contributed by atoms with Gasteiger partial charge in [-0.05, 0) is 72.6 Å². The first-order chi connectivity index (χ1) is 19.8. The summed E-state index contributed by atoms with van der Waals surface area (Å²) in [6.45, 7) is 0.705. The van der Waals surface area contributed by atoms with Gasteiger partial charge in [-0.15, -0.1) is 23.5 Å². The molecule has 0 radical (unpaired) electrons. The number of thioether (sulfide) groups is 2. The van der Waals surface area contributed by atoms with E-state index in [0.29, 0.717) is 13.2 Å². The van der Waals surface area contributed by atoms with Crippen molar-refractivity contribution in [2.45, 2.75) is 138 Å². The molecule has 0 aliphatic rings. The average molecular weight is 587 g/mol. The van der Waals surface area contributed by atoms with Crippen LogP contribution in [-0.4, -0.2) is 34.9 Å². The summed E-state index contributed by atoms with van der Waals surface area (Å²) < 4.78 is 0. The van der Waals surface area contributed by atoms with Gasteiger partial charge in [-0.25, -0.2) is 0 Å². The van der Waals surface area contributed by atoms with Gasteiger partial charge in [-0.1, -0.05) is 127 Å². The molecule has 0 amide bonds. The molecule has 40 heavy (non-hydrogen) atoms. The minimum Gasteiger partial charge on any atom is -0.396 e.